The number of pyridine rings is 1. The van der Waals surface area contributed by atoms with Crippen LogP contribution in [-0.2, 0) is 17.8 Å². The van der Waals surface area contributed by atoms with Gasteiger partial charge in [0.15, 0.2) is 0 Å². The van der Waals surface area contributed by atoms with Crippen molar-refractivity contribution in [3.05, 3.63) is 66.0 Å². The number of hydrogen-bond donors (Lipinski definition) is 0. The van der Waals surface area contributed by atoms with Crippen LogP contribution in [-0.4, -0.2) is 26.9 Å². The lowest BCUT2D eigenvalue weighted by Gasteiger charge is -2.24. The zero-order valence-corrected chi connectivity index (χ0v) is 12.6. The summed E-state index contributed by atoms with van der Waals surface area (Å²) in [7, 11) is 0. The third kappa shape index (κ3) is 3.64. The van der Waals surface area contributed by atoms with Gasteiger partial charge in [0.2, 0.25) is 5.91 Å². The summed E-state index contributed by atoms with van der Waals surface area (Å²) in [6.07, 6.45) is 5.61. The highest BCUT2D eigenvalue weighted by molar-refractivity contribution is 8.00. The first-order valence-corrected chi connectivity index (χ1v) is 8.22. The van der Waals surface area contributed by atoms with E-state index in [0.29, 0.717) is 12.3 Å². The minimum absolute atomic E-state index is 0.238. The van der Waals surface area contributed by atoms with Crippen LogP contribution < -0.4 is 0 Å². The SMILES string of the molecule is O=C1CSC(CCc2ccccc2)N1Cc1cccnc1. The zero-order chi connectivity index (χ0) is 14.5. The van der Waals surface area contributed by atoms with Gasteiger partial charge in [0.25, 0.3) is 0 Å². The molecule has 1 amide bonds. The van der Waals surface area contributed by atoms with Gasteiger partial charge in [-0.1, -0.05) is 36.4 Å². The van der Waals surface area contributed by atoms with Gasteiger partial charge < -0.3 is 4.90 Å². The van der Waals surface area contributed by atoms with E-state index in [1.807, 2.05) is 29.3 Å². The molecule has 3 nitrogen and oxygen atoms in total. The fourth-order valence-corrected chi connectivity index (χ4v) is 3.71. The Hall–Kier alpha value is -1.81. The number of aryl methyl sites for hydroxylation is 1. The Morgan fingerprint density at radius 2 is 1.95 bits per heavy atom. The molecule has 21 heavy (non-hydrogen) atoms. The van der Waals surface area contributed by atoms with Crippen molar-refractivity contribution in [1.29, 1.82) is 0 Å². The first kappa shape index (κ1) is 14.1. The molecule has 2 aromatic rings. The standard InChI is InChI=1S/C17H18N2OS/c20-16-13-21-17(9-8-14-5-2-1-3-6-14)19(16)12-15-7-4-10-18-11-15/h1-7,10-11,17H,8-9,12-13H2. The summed E-state index contributed by atoms with van der Waals surface area (Å²) in [6.45, 7) is 0.666. The van der Waals surface area contributed by atoms with Crippen LogP contribution in [0.15, 0.2) is 54.9 Å². The van der Waals surface area contributed by atoms with Crippen LogP contribution in [0.4, 0.5) is 0 Å². The number of benzene rings is 1. The summed E-state index contributed by atoms with van der Waals surface area (Å²) in [6, 6.07) is 14.4. The third-order valence-corrected chi connectivity index (χ3v) is 4.95. The zero-order valence-electron chi connectivity index (χ0n) is 11.8. The Balaban J connectivity index is 1.62. The Morgan fingerprint density at radius 1 is 1.14 bits per heavy atom. The molecule has 3 rings (SSSR count). The molecule has 1 fully saturated rings. The molecule has 4 heteroatoms. The van der Waals surface area contributed by atoms with E-state index >= 15 is 0 Å². The number of amides is 1. The van der Waals surface area contributed by atoms with Crippen molar-refractivity contribution in [2.24, 2.45) is 0 Å². The third-order valence-electron chi connectivity index (χ3n) is 3.67. The maximum absolute atomic E-state index is 12.1. The predicted octanol–water partition coefficient (Wildman–Crippen LogP) is 3.12. The van der Waals surface area contributed by atoms with E-state index in [1.165, 1.54) is 5.56 Å². The van der Waals surface area contributed by atoms with Crippen LogP contribution >= 0.6 is 11.8 Å². The summed E-state index contributed by atoms with van der Waals surface area (Å²) in [4.78, 5) is 18.2. The summed E-state index contributed by atoms with van der Waals surface area (Å²) < 4.78 is 0. The number of carbonyl (C=O) groups excluding carboxylic acids is 1. The molecule has 108 valence electrons. The Morgan fingerprint density at radius 3 is 2.71 bits per heavy atom. The van der Waals surface area contributed by atoms with Crippen molar-refractivity contribution in [3.8, 4) is 0 Å². The molecule has 1 aromatic carbocycles. The van der Waals surface area contributed by atoms with Crippen LogP contribution in [0.25, 0.3) is 0 Å². The average molecular weight is 298 g/mol. The van der Waals surface area contributed by atoms with E-state index in [4.69, 9.17) is 0 Å². The molecule has 0 N–H and O–H groups in total. The second-order valence-electron chi connectivity index (χ2n) is 5.17. The molecule has 1 aliphatic heterocycles. The van der Waals surface area contributed by atoms with Gasteiger partial charge in [0.1, 0.15) is 0 Å². The lowest BCUT2D eigenvalue weighted by Crippen LogP contribution is -2.32. The van der Waals surface area contributed by atoms with Crippen molar-refractivity contribution in [2.75, 3.05) is 5.75 Å². The molecule has 1 aromatic heterocycles. The Bertz CT molecular complexity index is 588. The normalized spacial score (nSPS) is 18.2. The van der Waals surface area contributed by atoms with Gasteiger partial charge in [-0.15, -0.1) is 11.8 Å². The topological polar surface area (TPSA) is 33.2 Å². The molecular weight excluding hydrogens is 280 g/mol. The number of thioether (sulfide) groups is 1. The van der Waals surface area contributed by atoms with Gasteiger partial charge in [-0.05, 0) is 30.0 Å². The van der Waals surface area contributed by atoms with Crippen LogP contribution in [0.2, 0.25) is 0 Å². The van der Waals surface area contributed by atoms with Gasteiger partial charge in [-0.3, -0.25) is 9.78 Å². The van der Waals surface area contributed by atoms with Gasteiger partial charge in [-0.2, -0.15) is 0 Å². The van der Waals surface area contributed by atoms with Gasteiger partial charge in [0, 0.05) is 18.9 Å². The van der Waals surface area contributed by atoms with E-state index in [9.17, 15) is 4.79 Å². The minimum Gasteiger partial charge on any atom is -0.326 e. The second kappa shape index (κ2) is 6.76. The molecule has 1 unspecified atom stereocenters. The van der Waals surface area contributed by atoms with E-state index < -0.39 is 0 Å². The van der Waals surface area contributed by atoms with Crippen LogP contribution in [0.1, 0.15) is 17.5 Å². The first-order chi connectivity index (χ1) is 10.3. The number of hydrogen-bond acceptors (Lipinski definition) is 3. The van der Waals surface area contributed by atoms with Gasteiger partial charge in [0.05, 0.1) is 11.1 Å². The maximum atomic E-state index is 12.1. The van der Waals surface area contributed by atoms with E-state index in [2.05, 4.69) is 29.2 Å². The van der Waals surface area contributed by atoms with E-state index in [0.717, 1.165) is 18.4 Å². The fourth-order valence-electron chi connectivity index (χ4n) is 2.55. The second-order valence-corrected chi connectivity index (χ2v) is 6.34. The lowest BCUT2D eigenvalue weighted by molar-refractivity contribution is -0.128. The molecule has 0 spiro atoms. The van der Waals surface area contributed by atoms with Crippen molar-refractivity contribution in [2.45, 2.75) is 24.8 Å². The van der Waals surface area contributed by atoms with E-state index in [1.54, 1.807) is 18.0 Å². The minimum atomic E-state index is 0.238. The van der Waals surface area contributed by atoms with Crippen LogP contribution in [0, 0.1) is 0 Å². The number of rotatable bonds is 5. The fraction of sp³-hybridized carbons (Fsp3) is 0.294. The quantitative estimate of drug-likeness (QED) is 0.850. The molecule has 1 atom stereocenters. The first-order valence-electron chi connectivity index (χ1n) is 7.17. The smallest absolute Gasteiger partial charge is 0.233 e. The Kier molecular flexibility index (Phi) is 4.55. The largest absolute Gasteiger partial charge is 0.326 e. The molecule has 2 heterocycles. The summed E-state index contributed by atoms with van der Waals surface area (Å²) in [5.74, 6) is 0.835. The monoisotopic (exact) mass is 298 g/mol. The Labute approximate surface area is 129 Å². The molecular formula is C17H18N2OS. The lowest BCUT2D eigenvalue weighted by atomic mass is 10.1. The number of aromatic nitrogens is 1. The molecule has 0 saturated carbocycles. The molecule has 1 saturated heterocycles. The van der Waals surface area contributed by atoms with Crippen LogP contribution in [0.5, 0.6) is 0 Å². The number of nitrogens with zero attached hydrogens (tertiary/aromatic N) is 2. The molecule has 0 aliphatic carbocycles. The predicted molar refractivity (Wildman–Crippen MR) is 85.8 cm³/mol. The highest BCUT2D eigenvalue weighted by Gasteiger charge is 2.31. The van der Waals surface area contributed by atoms with E-state index in [-0.39, 0.29) is 11.3 Å². The van der Waals surface area contributed by atoms with Crippen molar-refractivity contribution >= 4 is 17.7 Å². The van der Waals surface area contributed by atoms with Gasteiger partial charge >= 0.3 is 0 Å². The van der Waals surface area contributed by atoms with Crippen molar-refractivity contribution < 1.29 is 4.79 Å². The highest BCUT2D eigenvalue weighted by Crippen LogP contribution is 2.29. The van der Waals surface area contributed by atoms with Crippen LogP contribution in [0.3, 0.4) is 0 Å². The number of carbonyl (C=O) groups is 1. The van der Waals surface area contributed by atoms with Gasteiger partial charge in [-0.25, -0.2) is 0 Å². The average Bonchev–Trinajstić information content (AvgIpc) is 2.88. The van der Waals surface area contributed by atoms with Crippen molar-refractivity contribution in [3.63, 3.8) is 0 Å². The van der Waals surface area contributed by atoms with Crippen molar-refractivity contribution in [1.82, 2.24) is 9.88 Å². The summed E-state index contributed by atoms with van der Waals surface area (Å²) in [5.41, 5.74) is 2.43. The molecule has 0 radical (unpaired) electrons. The molecule has 1 aliphatic rings. The maximum Gasteiger partial charge on any atom is 0.233 e. The molecule has 0 bridgehead atoms. The summed E-state index contributed by atoms with van der Waals surface area (Å²) >= 11 is 1.75. The summed E-state index contributed by atoms with van der Waals surface area (Å²) in [5, 5.41) is 0.276. The highest BCUT2D eigenvalue weighted by atomic mass is 32.2.